The summed E-state index contributed by atoms with van der Waals surface area (Å²) < 4.78 is 9.23. The number of carbonyl (C=O) groups excluding carboxylic acids is 2. The van der Waals surface area contributed by atoms with Gasteiger partial charge in [-0.3, -0.25) is 9.59 Å². The van der Waals surface area contributed by atoms with E-state index in [0.717, 1.165) is 0 Å². The van der Waals surface area contributed by atoms with Gasteiger partial charge in [0.15, 0.2) is 0 Å². The van der Waals surface area contributed by atoms with Crippen molar-refractivity contribution in [2.75, 3.05) is 19.5 Å². The van der Waals surface area contributed by atoms with Crippen LogP contribution in [0.1, 0.15) is 6.42 Å². The van der Waals surface area contributed by atoms with Gasteiger partial charge in [-0.1, -0.05) is 0 Å². The zero-order chi connectivity index (χ0) is 10.6. The van der Waals surface area contributed by atoms with E-state index in [0.29, 0.717) is 18.8 Å². The molecular weight excluding hydrogens is 206 g/mol. The zero-order valence-electron chi connectivity index (χ0n) is 7.89. The van der Waals surface area contributed by atoms with E-state index in [2.05, 4.69) is 4.74 Å². The average Bonchev–Trinajstić information content (AvgIpc) is 2.59. The average molecular weight is 219 g/mol. The molecule has 1 aliphatic heterocycles. The minimum Gasteiger partial charge on any atom is -0.468 e. The SMILES string of the molecule is COC(=O)C(N)CSC1CCOC1=O. The van der Waals surface area contributed by atoms with Gasteiger partial charge >= 0.3 is 11.9 Å². The monoisotopic (exact) mass is 219 g/mol. The third kappa shape index (κ3) is 2.88. The molecular formula is C8H13NO4S. The Hall–Kier alpha value is -0.750. The Bertz CT molecular complexity index is 233. The van der Waals surface area contributed by atoms with Crippen LogP contribution < -0.4 is 5.73 Å². The minimum absolute atomic E-state index is 0.175. The van der Waals surface area contributed by atoms with Gasteiger partial charge in [-0.25, -0.2) is 0 Å². The van der Waals surface area contributed by atoms with Crippen molar-refractivity contribution in [1.82, 2.24) is 0 Å². The van der Waals surface area contributed by atoms with E-state index in [1.165, 1.54) is 18.9 Å². The molecule has 80 valence electrons. The van der Waals surface area contributed by atoms with Crippen LogP contribution in [-0.2, 0) is 19.1 Å². The number of methoxy groups -OCH3 is 1. The van der Waals surface area contributed by atoms with E-state index in [-0.39, 0.29) is 11.2 Å². The number of hydrogen-bond acceptors (Lipinski definition) is 6. The van der Waals surface area contributed by atoms with Gasteiger partial charge in [-0.05, 0) is 0 Å². The topological polar surface area (TPSA) is 78.6 Å². The zero-order valence-corrected chi connectivity index (χ0v) is 8.71. The van der Waals surface area contributed by atoms with Crippen molar-refractivity contribution >= 4 is 23.7 Å². The number of carbonyl (C=O) groups is 2. The van der Waals surface area contributed by atoms with Gasteiger partial charge in [0.05, 0.1) is 13.7 Å². The van der Waals surface area contributed by atoms with Crippen LogP contribution in [0, 0.1) is 0 Å². The first-order chi connectivity index (χ1) is 6.65. The normalized spacial score (nSPS) is 23.0. The lowest BCUT2D eigenvalue weighted by molar-refractivity contribution is -0.141. The first-order valence-corrected chi connectivity index (χ1v) is 5.31. The maximum atomic E-state index is 11.0. The fourth-order valence-electron chi connectivity index (χ4n) is 1.07. The van der Waals surface area contributed by atoms with E-state index in [1.54, 1.807) is 0 Å². The summed E-state index contributed by atoms with van der Waals surface area (Å²) in [6.45, 7) is 0.462. The van der Waals surface area contributed by atoms with Gasteiger partial charge in [-0.2, -0.15) is 0 Å². The Balaban J connectivity index is 2.26. The highest BCUT2D eigenvalue weighted by Crippen LogP contribution is 2.22. The van der Waals surface area contributed by atoms with Crippen LogP contribution in [0.3, 0.4) is 0 Å². The second kappa shape index (κ2) is 5.21. The summed E-state index contributed by atoms with van der Waals surface area (Å²) in [5.74, 6) is -0.289. The third-order valence-electron chi connectivity index (χ3n) is 1.87. The summed E-state index contributed by atoms with van der Waals surface area (Å²) in [5, 5.41) is -0.175. The summed E-state index contributed by atoms with van der Waals surface area (Å²) >= 11 is 1.34. The summed E-state index contributed by atoms with van der Waals surface area (Å²) in [6, 6.07) is -0.668. The summed E-state index contributed by atoms with van der Waals surface area (Å²) in [7, 11) is 1.29. The largest absolute Gasteiger partial charge is 0.468 e. The number of rotatable bonds is 4. The second-order valence-corrected chi connectivity index (χ2v) is 4.14. The Kier molecular flexibility index (Phi) is 4.21. The van der Waals surface area contributed by atoms with Crippen LogP contribution in [0.15, 0.2) is 0 Å². The smallest absolute Gasteiger partial charge is 0.323 e. The summed E-state index contributed by atoms with van der Waals surface area (Å²) in [4.78, 5) is 21.9. The van der Waals surface area contributed by atoms with Crippen molar-refractivity contribution in [2.45, 2.75) is 17.7 Å². The molecule has 2 atom stereocenters. The molecule has 1 rings (SSSR count). The molecule has 5 nitrogen and oxygen atoms in total. The van der Waals surface area contributed by atoms with Crippen molar-refractivity contribution in [1.29, 1.82) is 0 Å². The maximum absolute atomic E-state index is 11.0. The Morgan fingerprint density at radius 2 is 2.57 bits per heavy atom. The number of esters is 2. The van der Waals surface area contributed by atoms with Gasteiger partial charge in [0.2, 0.25) is 0 Å². The molecule has 0 spiro atoms. The fourth-order valence-corrected chi connectivity index (χ4v) is 2.11. The molecule has 6 heteroatoms. The molecule has 1 saturated heterocycles. The van der Waals surface area contributed by atoms with E-state index in [1.807, 2.05) is 0 Å². The Morgan fingerprint density at radius 1 is 1.86 bits per heavy atom. The molecule has 1 heterocycles. The lowest BCUT2D eigenvalue weighted by Gasteiger charge is -2.10. The Labute approximate surface area is 86.3 Å². The fraction of sp³-hybridized carbons (Fsp3) is 0.750. The number of nitrogens with two attached hydrogens (primary N) is 1. The molecule has 0 amide bonds. The molecule has 0 aromatic carbocycles. The lowest BCUT2D eigenvalue weighted by atomic mass is 10.4. The quantitative estimate of drug-likeness (QED) is 0.644. The van der Waals surface area contributed by atoms with Gasteiger partial charge < -0.3 is 15.2 Å². The van der Waals surface area contributed by atoms with Crippen LogP contribution in [-0.4, -0.2) is 42.7 Å². The van der Waals surface area contributed by atoms with Crippen LogP contribution in [0.4, 0.5) is 0 Å². The number of thioether (sulfide) groups is 1. The van der Waals surface area contributed by atoms with Gasteiger partial charge in [-0.15, -0.1) is 11.8 Å². The number of hydrogen-bond donors (Lipinski definition) is 1. The molecule has 0 bridgehead atoms. The van der Waals surface area contributed by atoms with Crippen molar-refractivity contribution in [3.8, 4) is 0 Å². The van der Waals surface area contributed by atoms with Gasteiger partial charge in [0.25, 0.3) is 0 Å². The van der Waals surface area contributed by atoms with Crippen LogP contribution in [0.5, 0.6) is 0 Å². The lowest BCUT2D eigenvalue weighted by Crippen LogP contribution is -2.34. The maximum Gasteiger partial charge on any atom is 0.323 e. The molecule has 1 fully saturated rings. The van der Waals surface area contributed by atoms with Gasteiger partial charge in [0.1, 0.15) is 11.3 Å². The molecule has 0 radical (unpaired) electrons. The summed E-state index contributed by atoms with van der Waals surface area (Å²) in [6.07, 6.45) is 0.692. The standard InChI is InChI=1S/C8H13NO4S/c1-12-7(10)5(9)4-14-6-2-3-13-8(6)11/h5-6H,2-4,9H2,1H3. The van der Waals surface area contributed by atoms with E-state index in [9.17, 15) is 9.59 Å². The van der Waals surface area contributed by atoms with E-state index in [4.69, 9.17) is 10.5 Å². The predicted octanol–water partition coefficient (Wildman–Crippen LogP) is -0.465. The highest BCUT2D eigenvalue weighted by atomic mass is 32.2. The Morgan fingerprint density at radius 3 is 3.07 bits per heavy atom. The number of ether oxygens (including phenoxy) is 2. The van der Waals surface area contributed by atoms with Crippen molar-refractivity contribution in [2.24, 2.45) is 5.73 Å². The van der Waals surface area contributed by atoms with E-state index < -0.39 is 12.0 Å². The van der Waals surface area contributed by atoms with Crippen molar-refractivity contribution < 1.29 is 19.1 Å². The van der Waals surface area contributed by atoms with Crippen molar-refractivity contribution in [3.63, 3.8) is 0 Å². The highest BCUT2D eigenvalue weighted by Gasteiger charge is 2.28. The second-order valence-electron chi connectivity index (χ2n) is 2.91. The third-order valence-corrected chi connectivity index (χ3v) is 3.25. The van der Waals surface area contributed by atoms with Crippen LogP contribution in [0.25, 0.3) is 0 Å². The molecule has 0 aromatic heterocycles. The van der Waals surface area contributed by atoms with Gasteiger partial charge in [0, 0.05) is 12.2 Å². The molecule has 1 aliphatic rings. The van der Waals surface area contributed by atoms with Crippen LogP contribution in [0.2, 0.25) is 0 Å². The molecule has 2 N–H and O–H groups in total. The van der Waals surface area contributed by atoms with Crippen molar-refractivity contribution in [3.05, 3.63) is 0 Å². The highest BCUT2D eigenvalue weighted by molar-refractivity contribution is 8.00. The first-order valence-electron chi connectivity index (χ1n) is 4.26. The predicted molar refractivity (Wildman–Crippen MR) is 51.8 cm³/mol. The molecule has 0 aliphatic carbocycles. The molecule has 14 heavy (non-hydrogen) atoms. The molecule has 0 aromatic rings. The molecule has 2 unspecified atom stereocenters. The van der Waals surface area contributed by atoms with E-state index >= 15 is 0 Å². The molecule has 0 saturated carbocycles. The first kappa shape index (κ1) is 11.3. The van der Waals surface area contributed by atoms with Crippen LogP contribution >= 0.6 is 11.8 Å². The number of cyclic esters (lactones) is 1. The minimum atomic E-state index is -0.668. The summed E-state index contributed by atoms with van der Waals surface area (Å²) in [5.41, 5.74) is 5.50.